The zero-order valence-corrected chi connectivity index (χ0v) is 10.7. The summed E-state index contributed by atoms with van der Waals surface area (Å²) in [6, 6.07) is 6.63. The molecule has 17 heavy (non-hydrogen) atoms. The van der Waals surface area contributed by atoms with Gasteiger partial charge < -0.3 is 14.8 Å². The second-order valence-electron chi connectivity index (χ2n) is 4.47. The standard InChI is InChI=1S/C14H21NO2/c1-3-17-13-6-7-14(11(2)9-13)15-12-5-4-8-16-10-12/h6-7,9,12,15H,3-5,8,10H2,1-2H3. The van der Waals surface area contributed by atoms with E-state index in [1.54, 1.807) is 0 Å². The molecule has 3 heteroatoms. The van der Waals surface area contributed by atoms with Crippen LogP contribution in [0.5, 0.6) is 5.75 Å². The Labute approximate surface area is 103 Å². The summed E-state index contributed by atoms with van der Waals surface area (Å²) in [5.74, 6) is 0.940. The fourth-order valence-corrected chi connectivity index (χ4v) is 2.13. The molecule has 1 unspecified atom stereocenters. The van der Waals surface area contributed by atoms with E-state index in [4.69, 9.17) is 9.47 Å². The van der Waals surface area contributed by atoms with Crippen molar-refractivity contribution in [2.24, 2.45) is 0 Å². The minimum absolute atomic E-state index is 0.445. The van der Waals surface area contributed by atoms with E-state index in [0.29, 0.717) is 12.6 Å². The molecule has 1 saturated heterocycles. The van der Waals surface area contributed by atoms with E-state index in [1.165, 1.54) is 17.7 Å². The van der Waals surface area contributed by atoms with Gasteiger partial charge >= 0.3 is 0 Å². The molecule has 1 fully saturated rings. The second-order valence-corrected chi connectivity index (χ2v) is 4.47. The lowest BCUT2D eigenvalue weighted by atomic mass is 10.1. The minimum atomic E-state index is 0.445. The van der Waals surface area contributed by atoms with E-state index in [2.05, 4.69) is 24.4 Å². The number of aryl methyl sites for hydroxylation is 1. The van der Waals surface area contributed by atoms with Crippen LogP contribution < -0.4 is 10.1 Å². The first kappa shape index (κ1) is 12.2. The van der Waals surface area contributed by atoms with Crippen LogP contribution in [0.1, 0.15) is 25.3 Å². The maximum absolute atomic E-state index is 5.48. The van der Waals surface area contributed by atoms with E-state index < -0.39 is 0 Å². The van der Waals surface area contributed by atoms with Gasteiger partial charge in [-0.3, -0.25) is 0 Å². The molecule has 1 aliphatic rings. The predicted octanol–water partition coefficient (Wildman–Crippen LogP) is 2.98. The monoisotopic (exact) mass is 235 g/mol. The molecular weight excluding hydrogens is 214 g/mol. The molecule has 1 aromatic carbocycles. The van der Waals surface area contributed by atoms with E-state index in [1.807, 2.05) is 13.0 Å². The zero-order chi connectivity index (χ0) is 12.1. The highest BCUT2D eigenvalue weighted by atomic mass is 16.5. The van der Waals surface area contributed by atoms with Gasteiger partial charge in [-0.05, 0) is 50.5 Å². The quantitative estimate of drug-likeness (QED) is 0.870. The van der Waals surface area contributed by atoms with Crippen molar-refractivity contribution in [2.45, 2.75) is 32.7 Å². The largest absolute Gasteiger partial charge is 0.494 e. The van der Waals surface area contributed by atoms with Gasteiger partial charge in [0.1, 0.15) is 5.75 Å². The summed E-state index contributed by atoms with van der Waals surface area (Å²) in [4.78, 5) is 0. The van der Waals surface area contributed by atoms with E-state index >= 15 is 0 Å². The molecule has 94 valence electrons. The van der Waals surface area contributed by atoms with Gasteiger partial charge in [0.05, 0.1) is 13.2 Å². The smallest absolute Gasteiger partial charge is 0.119 e. The van der Waals surface area contributed by atoms with E-state index in [0.717, 1.165) is 25.4 Å². The molecule has 1 atom stereocenters. The van der Waals surface area contributed by atoms with Crippen molar-refractivity contribution in [3.63, 3.8) is 0 Å². The lowest BCUT2D eigenvalue weighted by Gasteiger charge is -2.25. The summed E-state index contributed by atoms with van der Waals surface area (Å²) in [7, 11) is 0. The summed E-state index contributed by atoms with van der Waals surface area (Å²) in [6.07, 6.45) is 2.33. The molecular formula is C14H21NO2. The minimum Gasteiger partial charge on any atom is -0.494 e. The van der Waals surface area contributed by atoms with Crippen molar-refractivity contribution < 1.29 is 9.47 Å². The Morgan fingerprint density at radius 1 is 1.47 bits per heavy atom. The van der Waals surface area contributed by atoms with E-state index in [-0.39, 0.29) is 0 Å². The van der Waals surface area contributed by atoms with Crippen LogP contribution in [0, 0.1) is 6.92 Å². The van der Waals surface area contributed by atoms with Gasteiger partial charge in [0.15, 0.2) is 0 Å². The first-order chi connectivity index (χ1) is 8.29. The number of hydrogen-bond donors (Lipinski definition) is 1. The number of hydrogen-bond acceptors (Lipinski definition) is 3. The number of rotatable bonds is 4. The molecule has 0 bridgehead atoms. The van der Waals surface area contributed by atoms with Crippen LogP contribution >= 0.6 is 0 Å². The van der Waals surface area contributed by atoms with Crippen LogP contribution in [0.3, 0.4) is 0 Å². The molecule has 1 N–H and O–H groups in total. The number of ether oxygens (including phenoxy) is 2. The third-order valence-corrected chi connectivity index (χ3v) is 3.03. The summed E-state index contributed by atoms with van der Waals surface area (Å²) >= 11 is 0. The van der Waals surface area contributed by atoms with Crippen LogP contribution in [0.25, 0.3) is 0 Å². The van der Waals surface area contributed by atoms with Crippen molar-refractivity contribution in [1.82, 2.24) is 0 Å². The Bertz CT molecular complexity index is 359. The van der Waals surface area contributed by atoms with Crippen LogP contribution in [-0.4, -0.2) is 25.9 Å². The van der Waals surface area contributed by atoms with Crippen molar-refractivity contribution in [3.8, 4) is 5.75 Å². The summed E-state index contributed by atoms with van der Waals surface area (Å²) in [5.41, 5.74) is 2.41. The van der Waals surface area contributed by atoms with Crippen LogP contribution in [0.4, 0.5) is 5.69 Å². The lowest BCUT2D eigenvalue weighted by molar-refractivity contribution is 0.0876. The molecule has 0 spiro atoms. The number of nitrogens with one attached hydrogen (secondary N) is 1. The van der Waals surface area contributed by atoms with Crippen LogP contribution in [0.15, 0.2) is 18.2 Å². The number of benzene rings is 1. The van der Waals surface area contributed by atoms with Gasteiger partial charge in [0.2, 0.25) is 0 Å². The number of anilines is 1. The molecule has 0 saturated carbocycles. The Hall–Kier alpha value is -1.22. The van der Waals surface area contributed by atoms with Crippen molar-refractivity contribution in [2.75, 3.05) is 25.1 Å². The molecule has 3 nitrogen and oxygen atoms in total. The third-order valence-electron chi connectivity index (χ3n) is 3.03. The predicted molar refractivity (Wildman–Crippen MR) is 69.8 cm³/mol. The molecule has 1 aliphatic heterocycles. The van der Waals surface area contributed by atoms with Crippen LogP contribution in [0.2, 0.25) is 0 Å². The normalized spacial score (nSPS) is 20.0. The molecule has 2 rings (SSSR count). The summed E-state index contributed by atoms with van der Waals surface area (Å²) in [6.45, 7) is 6.53. The van der Waals surface area contributed by atoms with Gasteiger partial charge in [0.25, 0.3) is 0 Å². The van der Waals surface area contributed by atoms with Gasteiger partial charge in [-0.25, -0.2) is 0 Å². The van der Waals surface area contributed by atoms with Gasteiger partial charge in [0, 0.05) is 18.3 Å². The molecule has 1 aromatic rings. The topological polar surface area (TPSA) is 30.5 Å². The van der Waals surface area contributed by atoms with Gasteiger partial charge in [-0.15, -0.1) is 0 Å². The molecule has 0 amide bonds. The van der Waals surface area contributed by atoms with Crippen LogP contribution in [-0.2, 0) is 4.74 Å². The average molecular weight is 235 g/mol. The highest BCUT2D eigenvalue weighted by Crippen LogP contribution is 2.23. The summed E-state index contributed by atoms with van der Waals surface area (Å²) < 4.78 is 10.9. The van der Waals surface area contributed by atoms with Gasteiger partial charge in [-0.1, -0.05) is 0 Å². The maximum atomic E-state index is 5.48. The lowest BCUT2D eigenvalue weighted by Crippen LogP contribution is -2.30. The SMILES string of the molecule is CCOc1ccc(NC2CCCOC2)c(C)c1. The first-order valence-corrected chi connectivity index (χ1v) is 6.37. The average Bonchev–Trinajstić information content (AvgIpc) is 2.34. The Morgan fingerprint density at radius 3 is 3.00 bits per heavy atom. The Kier molecular flexibility index (Phi) is 4.26. The maximum Gasteiger partial charge on any atom is 0.119 e. The molecule has 0 radical (unpaired) electrons. The fourth-order valence-electron chi connectivity index (χ4n) is 2.13. The Morgan fingerprint density at radius 2 is 2.35 bits per heavy atom. The highest BCUT2D eigenvalue weighted by Gasteiger charge is 2.14. The summed E-state index contributed by atoms with van der Waals surface area (Å²) in [5, 5.41) is 3.54. The molecule has 0 aromatic heterocycles. The van der Waals surface area contributed by atoms with Crippen molar-refractivity contribution in [3.05, 3.63) is 23.8 Å². The van der Waals surface area contributed by atoms with Crippen molar-refractivity contribution >= 4 is 5.69 Å². The molecule has 1 heterocycles. The van der Waals surface area contributed by atoms with Gasteiger partial charge in [-0.2, -0.15) is 0 Å². The zero-order valence-electron chi connectivity index (χ0n) is 10.7. The van der Waals surface area contributed by atoms with E-state index in [9.17, 15) is 0 Å². The van der Waals surface area contributed by atoms with Crippen molar-refractivity contribution in [1.29, 1.82) is 0 Å². The Balaban J connectivity index is 2.00. The molecule has 0 aliphatic carbocycles. The second kappa shape index (κ2) is 5.92. The highest BCUT2D eigenvalue weighted by molar-refractivity contribution is 5.54. The fraction of sp³-hybridized carbons (Fsp3) is 0.571. The first-order valence-electron chi connectivity index (χ1n) is 6.37. The third kappa shape index (κ3) is 3.37.